The van der Waals surface area contributed by atoms with Crippen LogP contribution in [0.3, 0.4) is 0 Å². The highest BCUT2D eigenvalue weighted by atomic mass is 35.5. The molecule has 6 nitrogen and oxygen atoms in total. The highest BCUT2D eigenvalue weighted by molar-refractivity contribution is 7.98. The second-order valence-electron chi connectivity index (χ2n) is 5.77. The van der Waals surface area contributed by atoms with E-state index in [1.54, 1.807) is 24.0 Å². The number of nitrogens with zero attached hydrogens (tertiary/aromatic N) is 3. The first-order chi connectivity index (χ1) is 11.1. The van der Waals surface area contributed by atoms with Gasteiger partial charge in [0.25, 0.3) is 5.91 Å². The van der Waals surface area contributed by atoms with E-state index in [9.17, 15) is 4.79 Å². The van der Waals surface area contributed by atoms with Crippen LogP contribution in [0, 0.1) is 0 Å². The Morgan fingerprint density at radius 1 is 1.40 bits per heavy atom. The molecule has 1 saturated heterocycles. The van der Waals surface area contributed by atoms with E-state index in [1.165, 1.54) is 0 Å². The van der Waals surface area contributed by atoms with Crippen molar-refractivity contribution in [3.05, 3.63) is 36.0 Å². The van der Waals surface area contributed by atoms with E-state index in [0.29, 0.717) is 17.6 Å². The fraction of sp³-hybridized carbons (Fsp3) is 0.500. The van der Waals surface area contributed by atoms with Crippen LogP contribution >= 0.6 is 36.6 Å². The Bertz CT molecular complexity index is 671. The molecule has 3 heterocycles. The molecule has 0 radical (unpaired) electrons. The van der Waals surface area contributed by atoms with Crippen LogP contribution in [0.1, 0.15) is 29.2 Å². The summed E-state index contributed by atoms with van der Waals surface area (Å²) in [4.78, 5) is 18.6. The van der Waals surface area contributed by atoms with E-state index in [-0.39, 0.29) is 30.7 Å². The van der Waals surface area contributed by atoms with Crippen molar-refractivity contribution < 1.29 is 9.21 Å². The monoisotopic (exact) mass is 406 g/mol. The number of thioether (sulfide) groups is 1. The van der Waals surface area contributed by atoms with Crippen molar-refractivity contribution in [2.75, 3.05) is 20.1 Å². The SMILES string of the molecule is CN(C(=O)c1ccc(CSc2nccn2C)o1)C1CCNCC1.Cl.Cl. The van der Waals surface area contributed by atoms with Crippen LogP contribution in [0.4, 0.5) is 0 Å². The molecule has 9 heteroatoms. The van der Waals surface area contributed by atoms with Gasteiger partial charge in [0.2, 0.25) is 0 Å². The summed E-state index contributed by atoms with van der Waals surface area (Å²) >= 11 is 1.59. The van der Waals surface area contributed by atoms with Gasteiger partial charge in [0, 0.05) is 32.5 Å². The maximum atomic E-state index is 12.5. The number of hydrogen-bond acceptors (Lipinski definition) is 5. The average molecular weight is 407 g/mol. The topological polar surface area (TPSA) is 63.3 Å². The van der Waals surface area contributed by atoms with Crippen LogP contribution < -0.4 is 5.32 Å². The number of hydrogen-bond donors (Lipinski definition) is 1. The van der Waals surface area contributed by atoms with Gasteiger partial charge < -0.3 is 19.2 Å². The summed E-state index contributed by atoms with van der Waals surface area (Å²) in [7, 11) is 3.82. The highest BCUT2D eigenvalue weighted by Crippen LogP contribution is 2.23. The molecule has 2 aromatic rings. The lowest BCUT2D eigenvalue weighted by atomic mass is 10.1. The van der Waals surface area contributed by atoms with Gasteiger partial charge in [0.15, 0.2) is 10.9 Å². The summed E-state index contributed by atoms with van der Waals surface area (Å²) in [5, 5.41) is 4.25. The van der Waals surface area contributed by atoms with Crippen molar-refractivity contribution in [2.45, 2.75) is 29.8 Å². The molecule has 1 aliphatic rings. The normalized spacial score (nSPS) is 14.5. The van der Waals surface area contributed by atoms with Gasteiger partial charge in [0.1, 0.15) is 5.76 Å². The fourth-order valence-corrected chi connectivity index (χ4v) is 3.56. The zero-order valence-corrected chi connectivity index (χ0v) is 16.8. The van der Waals surface area contributed by atoms with Crippen molar-refractivity contribution in [1.29, 1.82) is 0 Å². The van der Waals surface area contributed by atoms with Crippen molar-refractivity contribution in [2.24, 2.45) is 7.05 Å². The minimum atomic E-state index is -0.0369. The Labute approximate surface area is 164 Å². The van der Waals surface area contributed by atoms with Gasteiger partial charge in [-0.25, -0.2) is 4.98 Å². The molecule has 0 saturated carbocycles. The minimum absolute atomic E-state index is 0. The van der Waals surface area contributed by atoms with Crippen molar-refractivity contribution >= 4 is 42.5 Å². The smallest absolute Gasteiger partial charge is 0.289 e. The molecule has 2 aromatic heterocycles. The maximum absolute atomic E-state index is 12.5. The van der Waals surface area contributed by atoms with Gasteiger partial charge in [-0.2, -0.15) is 0 Å². The average Bonchev–Trinajstić information content (AvgIpc) is 3.21. The third kappa shape index (κ3) is 5.41. The number of nitrogens with one attached hydrogen (secondary N) is 1. The molecule has 0 atom stereocenters. The second-order valence-corrected chi connectivity index (χ2v) is 6.72. The highest BCUT2D eigenvalue weighted by Gasteiger charge is 2.24. The molecular formula is C16H24Cl2N4O2S. The molecule has 0 unspecified atom stereocenters. The number of rotatable bonds is 5. The summed E-state index contributed by atoms with van der Waals surface area (Å²) in [5.74, 6) is 1.83. The van der Waals surface area contributed by atoms with Crippen LogP contribution in [0.25, 0.3) is 0 Å². The lowest BCUT2D eigenvalue weighted by Gasteiger charge is -2.31. The molecule has 1 N–H and O–H groups in total. The molecule has 1 amide bonds. The number of halogens is 2. The van der Waals surface area contributed by atoms with Crippen LogP contribution in [0.15, 0.2) is 34.1 Å². The standard InChI is InChI=1S/C16H22N4O2S.2ClH/c1-19-10-9-18-16(19)23-11-13-3-4-14(22-13)15(21)20(2)12-5-7-17-8-6-12;;/h3-4,9-10,12,17H,5-8,11H2,1-2H3;2*1H. The van der Waals surface area contributed by atoms with Crippen LogP contribution in [-0.2, 0) is 12.8 Å². The predicted molar refractivity (Wildman–Crippen MR) is 104 cm³/mol. The lowest BCUT2D eigenvalue weighted by molar-refractivity contribution is 0.0669. The lowest BCUT2D eigenvalue weighted by Crippen LogP contribution is -2.43. The maximum Gasteiger partial charge on any atom is 0.289 e. The minimum Gasteiger partial charge on any atom is -0.455 e. The Kier molecular flexibility index (Phi) is 8.85. The summed E-state index contributed by atoms with van der Waals surface area (Å²) in [5.41, 5.74) is 0. The van der Waals surface area contributed by atoms with Crippen LogP contribution in [0.2, 0.25) is 0 Å². The Hall–Kier alpha value is -1.15. The Morgan fingerprint density at radius 2 is 2.12 bits per heavy atom. The molecule has 140 valence electrons. The number of carbonyl (C=O) groups is 1. The molecule has 3 rings (SSSR count). The first-order valence-electron chi connectivity index (χ1n) is 7.82. The Morgan fingerprint density at radius 3 is 2.76 bits per heavy atom. The molecule has 0 spiro atoms. The summed E-state index contributed by atoms with van der Waals surface area (Å²) in [6.45, 7) is 1.93. The number of aromatic nitrogens is 2. The van der Waals surface area contributed by atoms with Gasteiger partial charge >= 0.3 is 0 Å². The fourth-order valence-electron chi connectivity index (χ4n) is 2.73. The molecule has 1 fully saturated rings. The molecular weight excluding hydrogens is 383 g/mol. The summed E-state index contributed by atoms with van der Waals surface area (Å²) in [6, 6.07) is 3.94. The zero-order valence-electron chi connectivity index (χ0n) is 14.3. The van der Waals surface area contributed by atoms with Gasteiger partial charge in [-0.05, 0) is 38.1 Å². The van der Waals surface area contributed by atoms with E-state index in [4.69, 9.17) is 4.42 Å². The molecule has 0 bridgehead atoms. The summed E-state index contributed by atoms with van der Waals surface area (Å²) in [6.07, 6.45) is 5.66. The Balaban J connectivity index is 0.00000156. The van der Waals surface area contributed by atoms with Crippen molar-refractivity contribution in [3.8, 4) is 0 Å². The van der Waals surface area contributed by atoms with E-state index >= 15 is 0 Å². The van der Waals surface area contributed by atoms with Crippen LogP contribution in [-0.4, -0.2) is 46.5 Å². The van der Waals surface area contributed by atoms with E-state index in [2.05, 4.69) is 10.3 Å². The largest absolute Gasteiger partial charge is 0.455 e. The van der Waals surface area contributed by atoms with Gasteiger partial charge in [-0.1, -0.05) is 11.8 Å². The number of aryl methyl sites for hydroxylation is 1. The van der Waals surface area contributed by atoms with E-state index in [0.717, 1.165) is 36.8 Å². The third-order valence-corrected chi connectivity index (χ3v) is 5.25. The number of amides is 1. The molecule has 0 aromatic carbocycles. The van der Waals surface area contributed by atoms with Crippen molar-refractivity contribution in [3.63, 3.8) is 0 Å². The molecule has 0 aliphatic carbocycles. The van der Waals surface area contributed by atoms with E-state index in [1.807, 2.05) is 35.8 Å². The molecule has 1 aliphatic heterocycles. The van der Waals surface area contributed by atoms with Gasteiger partial charge in [-0.15, -0.1) is 24.8 Å². The molecule has 25 heavy (non-hydrogen) atoms. The second kappa shape index (κ2) is 10.1. The number of furan rings is 1. The number of piperidine rings is 1. The number of carbonyl (C=O) groups excluding carboxylic acids is 1. The summed E-state index contributed by atoms with van der Waals surface area (Å²) < 4.78 is 7.69. The van der Waals surface area contributed by atoms with E-state index < -0.39 is 0 Å². The quantitative estimate of drug-likeness (QED) is 0.773. The van der Waals surface area contributed by atoms with Crippen LogP contribution in [0.5, 0.6) is 0 Å². The first kappa shape index (κ1) is 21.9. The van der Waals surface area contributed by atoms with Gasteiger partial charge in [-0.3, -0.25) is 4.79 Å². The number of imidazole rings is 1. The van der Waals surface area contributed by atoms with Crippen molar-refractivity contribution in [1.82, 2.24) is 19.8 Å². The predicted octanol–water partition coefficient (Wildman–Crippen LogP) is 2.97. The first-order valence-corrected chi connectivity index (χ1v) is 8.80. The third-order valence-electron chi connectivity index (χ3n) is 4.17. The zero-order chi connectivity index (χ0) is 16.2. The van der Waals surface area contributed by atoms with Gasteiger partial charge in [0.05, 0.1) is 5.75 Å².